The molecule has 1 aromatic heterocycles. The van der Waals surface area contributed by atoms with E-state index in [0.29, 0.717) is 27.3 Å². The van der Waals surface area contributed by atoms with Crippen molar-refractivity contribution in [2.75, 3.05) is 18.2 Å². The van der Waals surface area contributed by atoms with Gasteiger partial charge < -0.3 is 19.4 Å². The average Bonchev–Trinajstić information content (AvgIpc) is 3.19. The fourth-order valence-electron chi connectivity index (χ4n) is 3.05. The van der Waals surface area contributed by atoms with Gasteiger partial charge in [0, 0.05) is 7.05 Å². The van der Waals surface area contributed by atoms with Crippen molar-refractivity contribution in [1.82, 2.24) is 14.8 Å². The molecule has 0 saturated carbocycles. The minimum Gasteiger partial charge on any atom is -0.483 e. The molecule has 174 valence electrons. The molecule has 0 aliphatic carbocycles. The molecule has 0 aliphatic heterocycles. The molecule has 0 aliphatic rings. The number of aryl methyl sites for hydroxylation is 1. The van der Waals surface area contributed by atoms with Crippen LogP contribution in [0.4, 0.5) is 5.69 Å². The quantitative estimate of drug-likeness (QED) is 0.345. The zero-order chi connectivity index (χ0) is 24.0. The van der Waals surface area contributed by atoms with Crippen molar-refractivity contribution >= 4 is 40.9 Å². The van der Waals surface area contributed by atoms with Gasteiger partial charge in [-0.2, -0.15) is 0 Å². The lowest BCUT2D eigenvalue weighted by molar-refractivity contribution is -0.113. The summed E-state index contributed by atoms with van der Waals surface area (Å²) in [6.07, 6.45) is 0.647. The second-order valence-electron chi connectivity index (χ2n) is 7.18. The van der Waals surface area contributed by atoms with Crippen LogP contribution in [0.15, 0.2) is 47.6 Å². The van der Waals surface area contributed by atoms with E-state index < -0.39 is 5.97 Å². The van der Waals surface area contributed by atoms with Crippen molar-refractivity contribution in [1.29, 1.82) is 0 Å². The summed E-state index contributed by atoms with van der Waals surface area (Å²) in [5.74, 6) is 0.668. The van der Waals surface area contributed by atoms with E-state index in [1.165, 1.54) is 42.6 Å². The summed E-state index contributed by atoms with van der Waals surface area (Å²) >= 11 is 7.37. The summed E-state index contributed by atoms with van der Waals surface area (Å²) < 4.78 is 12.5. The Hall–Kier alpha value is -3.04. The van der Waals surface area contributed by atoms with Crippen LogP contribution < -0.4 is 10.1 Å². The number of nitrogens with zero attached hydrogens (tertiary/aromatic N) is 3. The third kappa shape index (κ3) is 6.27. The fourth-order valence-corrected chi connectivity index (χ4v) is 3.93. The molecular formula is C23H25ClN4O4S. The molecule has 1 atom stereocenters. The van der Waals surface area contributed by atoms with Crippen LogP contribution in [-0.4, -0.2) is 39.5 Å². The smallest absolute Gasteiger partial charge is 0.337 e. The molecule has 3 aromatic rings. The van der Waals surface area contributed by atoms with E-state index in [0.717, 1.165) is 12.2 Å². The third-order valence-corrected chi connectivity index (χ3v) is 6.22. The number of ether oxygens (including phenoxy) is 2. The van der Waals surface area contributed by atoms with Gasteiger partial charge in [0.1, 0.15) is 5.75 Å². The van der Waals surface area contributed by atoms with Crippen LogP contribution in [0.3, 0.4) is 0 Å². The van der Waals surface area contributed by atoms with Gasteiger partial charge in [0.05, 0.1) is 29.1 Å². The van der Waals surface area contributed by atoms with Gasteiger partial charge in [0.2, 0.25) is 5.91 Å². The maximum absolute atomic E-state index is 12.4. The summed E-state index contributed by atoms with van der Waals surface area (Å²) in [6.45, 7) is 4.00. The molecule has 0 spiro atoms. The Bertz CT molecular complexity index is 1130. The molecule has 8 nitrogen and oxygen atoms in total. The van der Waals surface area contributed by atoms with Crippen LogP contribution >= 0.6 is 23.4 Å². The molecule has 1 N–H and O–H groups in total. The second-order valence-corrected chi connectivity index (χ2v) is 8.53. The highest BCUT2D eigenvalue weighted by Crippen LogP contribution is 2.26. The Balaban J connectivity index is 1.60. The van der Waals surface area contributed by atoms with Crippen LogP contribution in [0.25, 0.3) is 0 Å². The molecule has 0 fully saturated rings. The predicted molar refractivity (Wildman–Crippen MR) is 128 cm³/mol. The van der Waals surface area contributed by atoms with E-state index in [1.54, 1.807) is 4.57 Å². The maximum atomic E-state index is 12.4. The Morgan fingerprint density at radius 2 is 1.91 bits per heavy atom. The number of aromatic nitrogens is 3. The topological polar surface area (TPSA) is 95.3 Å². The standard InChI is InChI=1S/C23H25ClN4O4S/c1-5-15-6-9-17(10-7-15)32-14(2)21-26-27-23(28(21)3)33-13-20(29)25-19-12-16(22(30)31-4)8-11-18(19)24/h6-12,14H,5,13H2,1-4H3,(H,25,29). The highest BCUT2D eigenvalue weighted by molar-refractivity contribution is 7.99. The second kappa shape index (κ2) is 11.2. The number of carbonyl (C=O) groups excluding carboxylic acids is 2. The van der Waals surface area contributed by atoms with E-state index in [1.807, 2.05) is 38.2 Å². The fraction of sp³-hybridized carbons (Fsp3) is 0.304. The van der Waals surface area contributed by atoms with Crippen LogP contribution in [0.5, 0.6) is 5.75 Å². The number of esters is 1. The molecule has 0 radical (unpaired) electrons. The highest BCUT2D eigenvalue weighted by Gasteiger charge is 2.18. The summed E-state index contributed by atoms with van der Waals surface area (Å²) in [4.78, 5) is 24.1. The van der Waals surface area contributed by atoms with E-state index in [9.17, 15) is 9.59 Å². The van der Waals surface area contributed by atoms with E-state index in [4.69, 9.17) is 21.1 Å². The van der Waals surface area contributed by atoms with Crippen molar-refractivity contribution in [3.63, 3.8) is 0 Å². The first-order chi connectivity index (χ1) is 15.8. The molecule has 10 heteroatoms. The summed E-state index contributed by atoms with van der Waals surface area (Å²) in [5, 5.41) is 12.0. The first kappa shape index (κ1) is 24.6. The number of anilines is 1. The Morgan fingerprint density at radius 1 is 1.18 bits per heavy atom. The molecule has 0 bridgehead atoms. The van der Waals surface area contributed by atoms with Gasteiger partial charge in [0.15, 0.2) is 17.1 Å². The number of nitrogens with one attached hydrogen (secondary N) is 1. The first-order valence-electron chi connectivity index (χ1n) is 10.3. The Kier molecular flexibility index (Phi) is 8.35. The van der Waals surface area contributed by atoms with E-state index in [2.05, 4.69) is 22.4 Å². The molecule has 0 saturated heterocycles. The maximum Gasteiger partial charge on any atom is 0.337 e. The van der Waals surface area contributed by atoms with Gasteiger partial charge in [0.25, 0.3) is 0 Å². The van der Waals surface area contributed by atoms with E-state index in [-0.39, 0.29) is 17.8 Å². The number of benzene rings is 2. The molecule has 1 heterocycles. The highest BCUT2D eigenvalue weighted by atomic mass is 35.5. The van der Waals surface area contributed by atoms with Gasteiger partial charge >= 0.3 is 5.97 Å². The van der Waals surface area contributed by atoms with Gasteiger partial charge in [-0.25, -0.2) is 4.79 Å². The minimum atomic E-state index is -0.513. The molecule has 33 heavy (non-hydrogen) atoms. The number of hydrogen-bond donors (Lipinski definition) is 1. The summed E-state index contributed by atoms with van der Waals surface area (Å²) in [7, 11) is 3.11. The third-order valence-electron chi connectivity index (χ3n) is 4.87. The average molecular weight is 489 g/mol. The lowest BCUT2D eigenvalue weighted by atomic mass is 10.2. The van der Waals surface area contributed by atoms with Crippen molar-refractivity contribution in [2.45, 2.75) is 31.5 Å². The van der Waals surface area contributed by atoms with Gasteiger partial charge in [-0.15, -0.1) is 10.2 Å². The van der Waals surface area contributed by atoms with Crippen molar-refractivity contribution in [2.24, 2.45) is 7.05 Å². The number of methoxy groups -OCH3 is 1. The summed E-state index contributed by atoms with van der Waals surface area (Å²) in [6, 6.07) is 12.5. The van der Waals surface area contributed by atoms with Gasteiger partial charge in [-0.1, -0.05) is 42.4 Å². The largest absolute Gasteiger partial charge is 0.483 e. The van der Waals surface area contributed by atoms with Crippen molar-refractivity contribution < 1.29 is 19.1 Å². The van der Waals surface area contributed by atoms with Gasteiger partial charge in [-0.3, -0.25) is 4.79 Å². The molecule has 1 amide bonds. The monoisotopic (exact) mass is 488 g/mol. The normalized spacial score (nSPS) is 11.7. The Labute approximate surface area is 201 Å². The van der Waals surface area contributed by atoms with Crippen LogP contribution in [0.1, 0.15) is 41.7 Å². The predicted octanol–water partition coefficient (Wildman–Crippen LogP) is 4.69. The zero-order valence-corrected chi connectivity index (χ0v) is 20.4. The van der Waals surface area contributed by atoms with Gasteiger partial charge in [-0.05, 0) is 49.2 Å². The molecule has 3 rings (SSSR count). The Morgan fingerprint density at radius 3 is 2.58 bits per heavy atom. The number of thioether (sulfide) groups is 1. The van der Waals surface area contributed by atoms with E-state index >= 15 is 0 Å². The van der Waals surface area contributed by atoms with Crippen LogP contribution in [-0.2, 0) is 23.0 Å². The molecule has 2 aromatic carbocycles. The number of amides is 1. The van der Waals surface area contributed by atoms with Crippen LogP contribution in [0, 0.1) is 0 Å². The number of halogens is 1. The van der Waals surface area contributed by atoms with Crippen LogP contribution in [0.2, 0.25) is 5.02 Å². The molecule has 1 unspecified atom stereocenters. The SMILES string of the molecule is CCc1ccc(OC(C)c2nnc(SCC(=O)Nc3cc(C(=O)OC)ccc3Cl)n2C)cc1. The molecular weight excluding hydrogens is 464 g/mol. The lowest BCUT2D eigenvalue weighted by Crippen LogP contribution is -2.15. The number of rotatable bonds is 9. The first-order valence-corrected chi connectivity index (χ1v) is 11.6. The number of hydrogen-bond acceptors (Lipinski definition) is 7. The van der Waals surface area contributed by atoms with Crippen molar-refractivity contribution in [3.8, 4) is 5.75 Å². The lowest BCUT2D eigenvalue weighted by Gasteiger charge is -2.14. The zero-order valence-electron chi connectivity index (χ0n) is 18.8. The van der Waals surface area contributed by atoms with Crippen molar-refractivity contribution in [3.05, 3.63) is 64.4 Å². The number of carbonyl (C=O) groups is 2. The summed E-state index contributed by atoms with van der Waals surface area (Å²) in [5.41, 5.74) is 1.87. The minimum absolute atomic E-state index is 0.0818.